The van der Waals surface area contributed by atoms with E-state index in [0.717, 1.165) is 0 Å². The van der Waals surface area contributed by atoms with Crippen LogP contribution in [0.5, 0.6) is 0 Å². The second-order valence-electron chi connectivity index (χ2n) is 6.94. The van der Waals surface area contributed by atoms with Gasteiger partial charge in [-0.2, -0.15) is 5.26 Å². The van der Waals surface area contributed by atoms with E-state index in [4.69, 9.17) is 10.00 Å². The highest BCUT2D eigenvalue weighted by atomic mass is 16.5. The molecule has 7 heteroatoms. The molecule has 0 aromatic heterocycles. The van der Waals surface area contributed by atoms with Crippen molar-refractivity contribution in [2.75, 3.05) is 10.2 Å². The number of benzene rings is 2. The fraction of sp³-hybridized carbons (Fsp3) is 0.238. The number of carbonyl (C=O) groups excluding carboxylic acids is 3. The molecule has 0 spiro atoms. The molecule has 3 rings (SSSR count). The zero-order chi connectivity index (χ0) is 20.5. The number of esters is 1. The third-order valence-electron chi connectivity index (χ3n) is 4.59. The first-order valence-corrected chi connectivity index (χ1v) is 8.71. The number of hydrogen-bond donors (Lipinski definition) is 1. The van der Waals surface area contributed by atoms with Gasteiger partial charge in [-0.3, -0.25) is 14.5 Å². The minimum absolute atomic E-state index is 0.176. The summed E-state index contributed by atoms with van der Waals surface area (Å²) >= 11 is 0. The lowest BCUT2D eigenvalue weighted by molar-refractivity contribution is -0.131. The fourth-order valence-electron chi connectivity index (χ4n) is 3.02. The SMILES string of the molecule is C[C@H](OC(=O)c1cccc(C#N)c1)C(=O)N1c2ccccc2NC(=O)C1(C)C. The van der Waals surface area contributed by atoms with Crippen molar-refractivity contribution in [3.63, 3.8) is 0 Å². The molecule has 0 fully saturated rings. The van der Waals surface area contributed by atoms with E-state index in [-0.39, 0.29) is 11.5 Å². The maximum Gasteiger partial charge on any atom is 0.338 e. The van der Waals surface area contributed by atoms with Crippen molar-refractivity contribution in [3.05, 3.63) is 59.7 Å². The lowest BCUT2D eigenvalue weighted by Gasteiger charge is -2.42. The number of anilines is 2. The quantitative estimate of drug-likeness (QED) is 0.829. The monoisotopic (exact) mass is 377 g/mol. The summed E-state index contributed by atoms with van der Waals surface area (Å²) in [6, 6.07) is 14.9. The van der Waals surface area contributed by atoms with Gasteiger partial charge >= 0.3 is 5.97 Å². The van der Waals surface area contributed by atoms with Gasteiger partial charge < -0.3 is 10.1 Å². The molecule has 1 N–H and O–H groups in total. The highest BCUT2D eigenvalue weighted by Gasteiger charge is 2.45. The maximum atomic E-state index is 13.1. The highest BCUT2D eigenvalue weighted by Crippen LogP contribution is 2.37. The minimum atomic E-state index is -1.16. The van der Waals surface area contributed by atoms with Crippen LogP contribution in [0.15, 0.2) is 48.5 Å². The van der Waals surface area contributed by atoms with Gasteiger partial charge in [-0.05, 0) is 51.1 Å². The van der Waals surface area contributed by atoms with Gasteiger partial charge in [-0.15, -0.1) is 0 Å². The molecule has 142 valence electrons. The van der Waals surface area contributed by atoms with Crippen molar-refractivity contribution in [2.45, 2.75) is 32.4 Å². The Kier molecular flexibility index (Phi) is 4.89. The number of rotatable bonds is 3. The van der Waals surface area contributed by atoms with Gasteiger partial charge in [-0.1, -0.05) is 18.2 Å². The summed E-state index contributed by atoms with van der Waals surface area (Å²) in [5.74, 6) is -1.57. The van der Waals surface area contributed by atoms with Gasteiger partial charge in [0.25, 0.3) is 5.91 Å². The van der Waals surface area contributed by atoms with Gasteiger partial charge in [0.15, 0.2) is 6.10 Å². The van der Waals surface area contributed by atoms with E-state index in [1.54, 1.807) is 50.2 Å². The van der Waals surface area contributed by atoms with Crippen LogP contribution >= 0.6 is 0 Å². The number of para-hydroxylation sites is 2. The largest absolute Gasteiger partial charge is 0.449 e. The minimum Gasteiger partial charge on any atom is -0.449 e. The number of nitriles is 1. The van der Waals surface area contributed by atoms with Crippen molar-refractivity contribution < 1.29 is 19.1 Å². The van der Waals surface area contributed by atoms with Gasteiger partial charge in [0.2, 0.25) is 5.91 Å². The highest BCUT2D eigenvalue weighted by molar-refractivity contribution is 6.15. The van der Waals surface area contributed by atoms with E-state index in [1.165, 1.54) is 24.0 Å². The Morgan fingerprint density at radius 1 is 1.18 bits per heavy atom. The Morgan fingerprint density at radius 3 is 2.61 bits per heavy atom. The summed E-state index contributed by atoms with van der Waals surface area (Å²) in [4.78, 5) is 39.4. The third kappa shape index (κ3) is 3.32. The molecule has 7 nitrogen and oxygen atoms in total. The van der Waals surface area contributed by atoms with Crippen molar-refractivity contribution >= 4 is 29.2 Å². The smallest absolute Gasteiger partial charge is 0.338 e. The average Bonchev–Trinajstić information content (AvgIpc) is 2.68. The molecule has 0 bridgehead atoms. The molecule has 0 aliphatic carbocycles. The fourth-order valence-corrected chi connectivity index (χ4v) is 3.02. The normalized spacial score (nSPS) is 15.6. The molecule has 0 saturated carbocycles. The Hall–Kier alpha value is -3.66. The predicted molar refractivity (Wildman–Crippen MR) is 103 cm³/mol. The lowest BCUT2D eigenvalue weighted by Crippen LogP contribution is -2.60. The molecule has 1 heterocycles. The Labute approximate surface area is 162 Å². The number of hydrogen-bond acceptors (Lipinski definition) is 5. The summed E-state index contributed by atoms with van der Waals surface area (Å²) < 4.78 is 5.32. The predicted octanol–water partition coefficient (Wildman–Crippen LogP) is 2.87. The van der Waals surface area contributed by atoms with Gasteiger partial charge in [0.05, 0.1) is 28.6 Å². The van der Waals surface area contributed by atoms with Crippen molar-refractivity contribution in [3.8, 4) is 6.07 Å². The molecule has 1 aliphatic heterocycles. The molecule has 0 saturated heterocycles. The van der Waals surface area contributed by atoms with Crippen LogP contribution < -0.4 is 10.2 Å². The number of fused-ring (bicyclic) bond motifs is 1. The Bertz CT molecular complexity index is 1010. The third-order valence-corrected chi connectivity index (χ3v) is 4.59. The van der Waals surface area contributed by atoms with Crippen molar-refractivity contribution in [1.29, 1.82) is 5.26 Å². The van der Waals surface area contributed by atoms with Crippen molar-refractivity contribution in [1.82, 2.24) is 0 Å². The lowest BCUT2D eigenvalue weighted by atomic mass is 9.95. The molecule has 1 aliphatic rings. The van der Waals surface area contributed by atoms with E-state index in [2.05, 4.69) is 5.32 Å². The molecule has 28 heavy (non-hydrogen) atoms. The second kappa shape index (κ2) is 7.16. The second-order valence-corrected chi connectivity index (χ2v) is 6.94. The molecule has 2 aromatic carbocycles. The summed E-state index contributed by atoms with van der Waals surface area (Å²) in [6.07, 6.45) is -1.13. The first kappa shape index (κ1) is 19.1. The summed E-state index contributed by atoms with van der Waals surface area (Å²) in [5, 5.41) is 11.7. The van der Waals surface area contributed by atoms with E-state index >= 15 is 0 Å². The topological polar surface area (TPSA) is 99.5 Å². The maximum absolute atomic E-state index is 13.1. The van der Waals surface area contributed by atoms with Crippen LogP contribution in [0.25, 0.3) is 0 Å². The molecule has 0 radical (unpaired) electrons. The molecule has 0 unspecified atom stereocenters. The first-order valence-electron chi connectivity index (χ1n) is 8.71. The average molecular weight is 377 g/mol. The molecule has 1 atom stereocenters. The summed E-state index contributed by atoms with van der Waals surface area (Å²) in [5.41, 5.74) is 0.380. The van der Waals surface area contributed by atoms with Crippen LogP contribution in [-0.2, 0) is 14.3 Å². The Morgan fingerprint density at radius 2 is 1.89 bits per heavy atom. The van der Waals surface area contributed by atoms with E-state index in [0.29, 0.717) is 16.9 Å². The van der Waals surface area contributed by atoms with Crippen LogP contribution in [0.4, 0.5) is 11.4 Å². The summed E-state index contributed by atoms with van der Waals surface area (Å²) in [6.45, 7) is 4.71. The standard InChI is InChI=1S/C21H19N3O4/c1-13(28-19(26)15-8-6-7-14(11-15)12-22)18(25)24-17-10-5-4-9-16(17)23-20(27)21(24,2)3/h4-11,13H,1-3H3,(H,23,27)/t13-/m0/s1. The zero-order valence-corrected chi connectivity index (χ0v) is 15.7. The number of amides is 2. The zero-order valence-electron chi connectivity index (χ0n) is 15.7. The number of ether oxygens (including phenoxy) is 1. The van der Waals surface area contributed by atoms with E-state index in [9.17, 15) is 14.4 Å². The van der Waals surface area contributed by atoms with Crippen LogP contribution in [0.2, 0.25) is 0 Å². The first-order chi connectivity index (χ1) is 13.3. The summed E-state index contributed by atoms with van der Waals surface area (Å²) in [7, 11) is 0. The van der Waals surface area contributed by atoms with Crippen molar-refractivity contribution in [2.24, 2.45) is 0 Å². The van der Waals surface area contributed by atoms with E-state index < -0.39 is 23.5 Å². The number of nitrogens with one attached hydrogen (secondary N) is 1. The number of carbonyl (C=O) groups is 3. The molecular weight excluding hydrogens is 358 g/mol. The van der Waals surface area contributed by atoms with E-state index in [1.807, 2.05) is 6.07 Å². The van der Waals surface area contributed by atoms with Crippen LogP contribution in [0.3, 0.4) is 0 Å². The van der Waals surface area contributed by atoms with Gasteiger partial charge in [0.1, 0.15) is 5.54 Å². The van der Waals surface area contributed by atoms with Gasteiger partial charge in [0, 0.05) is 0 Å². The molecule has 2 aromatic rings. The molecule has 2 amide bonds. The molecular formula is C21H19N3O4. The number of nitrogens with zero attached hydrogens (tertiary/aromatic N) is 2. The van der Waals surface area contributed by atoms with Gasteiger partial charge in [-0.25, -0.2) is 4.79 Å². The van der Waals surface area contributed by atoms with Crippen LogP contribution in [0.1, 0.15) is 36.7 Å². The van der Waals surface area contributed by atoms with Crippen LogP contribution in [-0.4, -0.2) is 29.4 Å². The van der Waals surface area contributed by atoms with Crippen LogP contribution in [0, 0.1) is 11.3 Å². The Balaban J connectivity index is 1.87.